The number of hydrogen-bond acceptors (Lipinski definition) is 4. The zero-order valence-electron chi connectivity index (χ0n) is 10.4. The Bertz CT molecular complexity index is 571. The van der Waals surface area contributed by atoms with Gasteiger partial charge in [-0.15, -0.1) is 11.3 Å². The van der Waals surface area contributed by atoms with Gasteiger partial charge in [0.2, 0.25) is 0 Å². The molecule has 0 bridgehead atoms. The molecule has 1 atom stereocenters. The van der Waals surface area contributed by atoms with Gasteiger partial charge in [-0.3, -0.25) is 4.79 Å². The first-order valence-electron chi connectivity index (χ1n) is 5.80. The highest BCUT2D eigenvalue weighted by Gasteiger charge is 2.12. The van der Waals surface area contributed by atoms with Crippen LogP contribution < -0.4 is 11.1 Å². The lowest BCUT2D eigenvalue weighted by Crippen LogP contribution is -2.27. The average Bonchev–Trinajstić information content (AvgIpc) is 2.92. The summed E-state index contributed by atoms with van der Waals surface area (Å²) in [4.78, 5) is 16.2. The standard InChI is InChI=1S/C13H14ClN3OS/c1-8(13-16-4-5-19-13)7-17-12(18)9-2-3-10(14)11(15)6-9/h2-6,8H,7,15H2,1H3,(H,17,18). The maximum Gasteiger partial charge on any atom is 0.251 e. The van der Waals surface area contributed by atoms with Gasteiger partial charge in [0.15, 0.2) is 0 Å². The number of carbonyl (C=O) groups is 1. The molecule has 0 fully saturated rings. The van der Waals surface area contributed by atoms with Crippen LogP contribution in [0.5, 0.6) is 0 Å². The summed E-state index contributed by atoms with van der Waals surface area (Å²) < 4.78 is 0. The zero-order chi connectivity index (χ0) is 13.8. The number of rotatable bonds is 4. The van der Waals surface area contributed by atoms with E-state index in [1.807, 2.05) is 12.3 Å². The van der Waals surface area contributed by atoms with Gasteiger partial charge in [-0.25, -0.2) is 4.98 Å². The molecule has 6 heteroatoms. The first kappa shape index (κ1) is 13.8. The molecule has 0 aliphatic heterocycles. The van der Waals surface area contributed by atoms with E-state index in [0.29, 0.717) is 22.8 Å². The predicted octanol–water partition coefficient (Wildman–Crippen LogP) is 2.91. The topological polar surface area (TPSA) is 68.0 Å². The summed E-state index contributed by atoms with van der Waals surface area (Å²) in [5, 5.41) is 6.25. The minimum absolute atomic E-state index is 0.160. The average molecular weight is 296 g/mol. The minimum atomic E-state index is -0.160. The number of amides is 1. The predicted molar refractivity (Wildman–Crippen MR) is 78.7 cm³/mol. The molecule has 0 radical (unpaired) electrons. The van der Waals surface area contributed by atoms with Gasteiger partial charge in [0.05, 0.1) is 15.7 Å². The SMILES string of the molecule is CC(CNC(=O)c1ccc(Cl)c(N)c1)c1nccs1. The molecule has 0 spiro atoms. The number of nitrogens with zero attached hydrogens (tertiary/aromatic N) is 1. The summed E-state index contributed by atoms with van der Waals surface area (Å²) in [6, 6.07) is 4.85. The van der Waals surface area contributed by atoms with E-state index in [0.717, 1.165) is 5.01 Å². The number of nitrogen functional groups attached to an aromatic ring is 1. The van der Waals surface area contributed by atoms with Crippen molar-refractivity contribution in [3.05, 3.63) is 45.4 Å². The number of carbonyl (C=O) groups excluding carboxylic acids is 1. The first-order valence-corrected chi connectivity index (χ1v) is 7.06. The molecule has 19 heavy (non-hydrogen) atoms. The molecule has 1 unspecified atom stereocenters. The third-order valence-electron chi connectivity index (χ3n) is 2.70. The molecule has 1 amide bonds. The summed E-state index contributed by atoms with van der Waals surface area (Å²) in [6.45, 7) is 2.56. The van der Waals surface area contributed by atoms with E-state index in [9.17, 15) is 4.79 Å². The maximum atomic E-state index is 12.0. The van der Waals surface area contributed by atoms with Crippen molar-refractivity contribution in [2.45, 2.75) is 12.8 Å². The van der Waals surface area contributed by atoms with Crippen molar-refractivity contribution < 1.29 is 4.79 Å². The molecular weight excluding hydrogens is 282 g/mol. The normalized spacial score (nSPS) is 12.1. The number of nitrogens with two attached hydrogens (primary N) is 1. The molecule has 1 aromatic carbocycles. The van der Waals surface area contributed by atoms with Crippen LogP contribution in [-0.4, -0.2) is 17.4 Å². The highest BCUT2D eigenvalue weighted by Crippen LogP contribution is 2.20. The lowest BCUT2D eigenvalue weighted by Gasteiger charge is -2.10. The molecule has 3 N–H and O–H groups in total. The molecular formula is C13H14ClN3OS. The van der Waals surface area contributed by atoms with E-state index in [4.69, 9.17) is 17.3 Å². The molecule has 2 aromatic rings. The van der Waals surface area contributed by atoms with Gasteiger partial charge in [0.1, 0.15) is 0 Å². The lowest BCUT2D eigenvalue weighted by atomic mass is 10.1. The van der Waals surface area contributed by atoms with Gasteiger partial charge >= 0.3 is 0 Å². The largest absolute Gasteiger partial charge is 0.398 e. The van der Waals surface area contributed by atoms with Gasteiger partial charge < -0.3 is 11.1 Å². The van der Waals surface area contributed by atoms with Crippen molar-refractivity contribution in [2.24, 2.45) is 0 Å². The van der Waals surface area contributed by atoms with Crippen molar-refractivity contribution in [3.8, 4) is 0 Å². The Morgan fingerprint density at radius 1 is 1.58 bits per heavy atom. The van der Waals surface area contributed by atoms with Crippen molar-refractivity contribution in [2.75, 3.05) is 12.3 Å². The number of aromatic nitrogens is 1. The van der Waals surface area contributed by atoms with Crippen LogP contribution in [0.15, 0.2) is 29.8 Å². The van der Waals surface area contributed by atoms with Crippen LogP contribution in [0.25, 0.3) is 0 Å². The number of nitrogens with one attached hydrogen (secondary N) is 1. The molecule has 0 saturated carbocycles. The number of halogens is 1. The fourth-order valence-corrected chi connectivity index (χ4v) is 2.41. The Labute approximate surface area is 120 Å². The third-order valence-corrected chi connectivity index (χ3v) is 4.05. The molecule has 1 aromatic heterocycles. The number of anilines is 1. The van der Waals surface area contributed by atoms with Crippen LogP contribution in [0, 0.1) is 0 Å². The molecule has 1 heterocycles. The van der Waals surface area contributed by atoms with Crippen LogP contribution in [-0.2, 0) is 0 Å². The maximum absolute atomic E-state index is 12.0. The summed E-state index contributed by atoms with van der Waals surface area (Å²) in [5.74, 6) is 0.0281. The van der Waals surface area contributed by atoms with Crippen LogP contribution in [0.4, 0.5) is 5.69 Å². The second-order valence-electron chi connectivity index (χ2n) is 4.22. The third kappa shape index (κ3) is 3.45. The number of thiazole rings is 1. The Balaban J connectivity index is 1.96. The van der Waals surface area contributed by atoms with Crippen LogP contribution in [0.1, 0.15) is 28.2 Å². The lowest BCUT2D eigenvalue weighted by molar-refractivity contribution is 0.0951. The Kier molecular flexibility index (Phi) is 4.39. The molecule has 0 aliphatic carbocycles. The Morgan fingerprint density at radius 2 is 2.37 bits per heavy atom. The van der Waals surface area contributed by atoms with Gasteiger partial charge in [0.25, 0.3) is 5.91 Å². The molecule has 0 saturated heterocycles. The van der Waals surface area contributed by atoms with Gasteiger partial charge in [-0.1, -0.05) is 18.5 Å². The number of hydrogen-bond donors (Lipinski definition) is 2. The number of benzene rings is 1. The second-order valence-corrected chi connectivity index (χ2v) is 5.55. The van der Waals surface area contributed by atoms with Crippen molar-refractivity contribution in [1.29, 1.82) is 0 Å². The molecule has 2 rings (SSSR count). The smallest absolute Gasteiger partial charge is 0.251 e. The quantitative estimate of drug-likeness (QED) is 0.852. The van der Waals surface area contributed by atoms with Crippen LogP contribution in [0.2, 0.25) is 5.02 Å². The monoisotopic (exact) mass is 295 g/mol. The van der Waals surface area contributed by atoms with Gasteiger partial charge in [-0.2, -0.15) is 0 Å². The highest BCUT2D eigenvalue weighted by molar-refractivity contribution is 7.09. The van der Waals surface area contributed by atoms with E-state index in [1.165, 1.54) is 0 Å². The first-order chi connectivity index (χ1) is 9.08. The highest BCUT2D eigenvalue weighted by atomic mass is 35.5. The van der Waals surface area contributed by atoms with Crippen molar-refractivity contribution >= 4 is 34.5 Å². The van der Waals surface area contributed by atoms with E-state index in [-0.39, 0.29) is 11.8 Å². The van der Waals surface area contributed by atoms with Gasteiger partial charge in [0, 0.05) is 29.6 Å². The van der Waals surface area contributed by atoms with E-state index in [1.54, 1.807) is 35.7 Å². The summed E-state index contributed by atoms with van der Waals surface area (Å²) in [7, 11) is 0. The minimum Gasteiger partial charge on any atom is -0.398 e. The summed E-state index contributed by atoms with van der Waals surface area (Å²) in [5.41, 5.74) is 6.58. The summed E-state index contributed by atoms with van der Waals surface area (Å²) >= 11 is 7.40. The Morgan fingerprint density at radius 3 is 3.00 bits per heavy atom. The fourth-order valence-electron chi connectivity index (χ4n) is 1.60. The molecule has 4 nitrogen and oxygen atoms in total. The molecule has 100 valence electrons. The fraction of sp³-hybridized carbons (Fsp3) is 0.231. The second kappa shape index (κ2) is 6.04. The van der Waals surface area contributed by atoms with Gasteiger partial charge in [-0.05, 0) is 18.2 Å². The Hall–Kier alpha value is -1.59. The van der Waals surface area contributed by atoms with Crippen LogP contribution >= 0.6 is 22.9 Å². The van der Waals surface area contributed by atoms with Crippen molar-refractivity contribution in [1.82, 2.24) is 10.3 Å². The zero-order valence-corrected chi connectivity index (χ0v) is 12.0. The van der Waals surface area contributed by atoms with Crippen molar-refractivity contribution in [3.63, 3.8) is 0 Å². The summed E-state index contributed by atoms with van der Waals surface area (Å²) in [6.07, 6.45) is 1.76. The molecule has 0 aliphatic rings. The van der Waals surface area contributed by atoms with E-state index in [2.05, 4.69) is 10.3 Å². The van der Waals surface area contributed by atoms with Crippen LogP contribution in [0.3, 0.4) is 0 Å². The van der Waals surface area contributed by atoms with E-state index < -0.39 is 0 Å². The van der Waals surface area contributed by atoms with E-state index >= 15 is 0 Å².